The number of hydrogen-bond acceptors (Lipinski definition) is 6. The molecule has 3 rings (SSSR count). The van der Waals surface area contributed by atoms with Gasteiger partial charge in [-0.1, -0.05) is 12.1 Å². The maximum absolute atomic E-state index is 11.9. The minimum atomic E-state index is -0.308. The minimum Gasteiger partial charge on any atom is -0.493 e. The third kappa shape index (κ3) is 4.72. The molecule has 0 radical (unpaired) electrons. The van der Waals surface area contributed by atoms with Crippen molar-refractivity contribution in [2.75, 3.05) is 20.3 Å². The molecule has 0 atom stereocenters. The van der Waals surface area contributed by atoms with E-state index in [-0.39, 0.29) is 31.2 Å². The number of amides is 1. The molecular weight excluding hydrogens is 350 g/mol. The normalized spacial score (nSPS) is 10.4. The van der Waals surface area contributed by atoms with Crippen molar-refractivity contribution in [1.29, 1.82) is 0 Å². The fourth-order valence-corrected chi connectivity index (χ4v) is 2.36. The van der Waals surface area contributed by atoms with Gasteiger partial charge in [0.1, 0.15) is 0 Å². The smallest absolute Gasteiger partial charge is 0.266 e. The molecule has 1 aromatic carbocycles. The first-order valence-corrected chi connectivity index (χ1v) is 8.28. The van der Waals surface area contributed by atoms with Crippen LogP contribution in [0.2, 0.25) is 0 Å². The zero-order chi connectivity index (χ0) is 19.1. The van der Waals surface area contributed by atoms with E-state index in [9.17, 15) is 9.59 Å². The van der Waals surface area contributed by atoms with Gasteiger partial charge in [0, 0.05) is 25.0 Å². The number of hydrogen-bond donors (Lipinski definition) is 1. The van der Waals surface area contributed by atoms with Crippen LogP contribution in [0, 0.1) is 0 Å². The Hall–Kier alpha value is -3.62. The highest BCUT2D eigenvalue weighted by Gasteiger charge is 2.07. The summed E-state index contributed by atoms with van der Waals surface area (Å²) in [5, 5.41) is 11.0. The quantitative estimate of drug-likeness (QED) is 0.625. The molecule has 0 fully saturated rings. The SMILES string of the molecule is COc1ccccc1OCC(=O)NCCn1nc(-n2cccn2)ccc1=O. The van der Waals surface area contributed by atoms with E-state index >= 15 is 0 Å². The third-order valence-electron chi connectivity index (χ3n) is 3.67. The first-order valence-electron chi connectivity index (χ1n) is 8.28. The lowest BCUT2D eigenvalue weighted by molar-refractivity contribution is -0.123. The van der Waals surface area contributed by atoms with Crippen LogP contribution in [0.5, 0.6) is 11.5 Å². The number of para-hydroxylation sites is 2. The number of ether oxygens (including phenoxy) is 2. The van der Waals surface area contributed by atoms with E-state index in [1.807, 2.05) is 6.07 Å². The highest BCUT2D eigenvalue weighted by molar-refractivity contribution is 5.77. The van der Waals surface area contributed by atoms with E-state index in [1.54, 1.807) is 47.4 Å². The Kier molecular flexibility index (Phi) is 5.83. The van der Waals surface area contributed by atoms with Crippen LogP contribution < -0.4 is 20.3 Å². The maximum Gasteiger partial charge on any atom is 0.266 e. The van der Waals surface area contributed by atoms with Gasteiger partial charge in [-0.15, -0.1) is 5.10 Å². The summed E-state index contributed by atoms with van der Waals surface area (Å²) in [7, 11) is 1.53. The summed E-state index contributed by atoms with van der Waals surface area (Å²) in [5.41, 5.74) is -0.259. The van der Waals surface area contributed by atoms with Crippen LogP contribution in [0.25, 0.3) is 5.82 Å². The number of methoxy groups -OCH3 is 1. The fourth-order valence-electron chi connectivity index (χ4n) is 2.36. The van der Waals surface area contributed by atoms with Crippen LogP contribution in [-0.4, -0.2) is 45.7 Å². The van der Waals surface area contributed by atoms with Gasteiger partial charge in [0.05, 0.1) is 13.7 Å². The van der Waals surface area contributed by atoms with Crippen molar-refractivity contribution in [1.82, 2.24) is 24.9 Å². The summed E-state index contributed by atoms with van der Waals surface area (Å²) < 4.78 is 13.4. The standard InChI is InChI=1S/C18H19N5O4/c1-26-14-5-2-3-6-15(14)27-13-17(24)19-10-12-23-18(25)8-7-16(21-23)22-11-4-9-20-22/h2-9,11H,10,12-13H2,1H3,(H,19,24). The van der Waals surface area contributed by atoms with Crippen LogP contribution in [0.4, 0.5) is 0 Å². The lowest BCUT2D eigenvalue weighted by Crippen LogP contribution is -2.34. The third-order valence-corrected chi connectivity index (χ3v) is 3.67. The molecule has 0 spiro atoms. The number of carbonyl (C=O) groups excluding carboxylic acids is 1. The monoisotopic (exact) mass is 369 g/mol. The number of benzene rings is 1. The Labute approximate surface area is 155 Å². The van der Waals surface area contributed by atoms with Crippen LogP contribution in [0.3, 0.4) is 0 Å². The molecule has 3 aromatic rings. The van der Waals surface area contributed by atoms with E-state index in [4.69, 9.17) is 9.47 Å². The molecule has 2 heterocycles. The Morgan fingerprint density at radius 3 is 2.70 bits per heavy atom. The predicted molar refractivity (Wildman–Crippen MR) is 97.1 cm³/mol. The van der Waals surface area contributed by atoms with Gasteiger partial charge in [-0.2, -0.15) is 5.10 Å². The molecule has 9 heteroatoms. The van der Waals surface area contributed by atoms with Gasteiger partial charge in [0.25, 0.3) is 11.5 Å². The molecule has 0 aliphatic carbocycles. The zero-order valence-corrected chi connectivity index (χ0v) is 14.7. The number of carbonyl (C=O) groups is 1. The second-order valence-corrected chi connectivity index (χ2v) is 5.49. The molecule has 1 N–H and O–H groups in total. The summed E-state index contributed by atoms with van der Waals surface area (Å²) in [4.78, 5) is 23.9. The molecule has 0 saturated heterocycles. The van der Waals surface area contributed by atoms with Crippen molar-refractivity contribution in [3.05, 3.63) is 65.2 Å². The van der Waals surface area contributed by atoms with E-state index in [0.717, 1.165) is 0 Å². The van der Waals surface area contributed by atoms with Crippen molar-refractivity contribution in [3.63, 3.8) is 0 Å². The molecule has 0 unspecified atom stereocenters. The molecule has 0 saturated carbocycles. The predicted octanol–water partition coefficient (Wildman–Crippen LogP) is 0.633. The maximum atomic E-state index is 11.9. The molecule has 27 heavy (non-hydrogen) atoms. The Balaban J connectivity index is 1.51. The Morgan fingerprint density at radius 2 is 1.96 bits per heavy atom. The van der Waals surface area contributed by atoms with Crippen molar-refractivity contribution < 1.29 is 14.3 Å². The molecule has 0 bridgehead atoms. The van der Waals surface area contributed by atoms with Gasteiger partial charge in [0.15, 0.2) is 23.9 Å². The summed E-state index contributed by atoms with van der Waals surface area (Å²) in [6.45, 7) is 0.313. The van der Waals surface area contributed by atoms with E-state index < -0.39 is 0 Å². The highest BCUT2D eigenvalue weighted by Crippen LogP contribution is 2.25. The van der Waals surface area contributed by atoms with E-state index in [0.29, 0.717) is 17.3 Å². The second kappa shape index (κ2) is 8.65. The van der Waals surface area contributed by atoms with Crippen molar-refractivity contribution in [2.45, 2.75) is 6.54 Å². The van der Waals surface area contributed by atoms with Crippen molar-refractivity contribution in [3.8, 4) is 17.3 Å². The molecule has 9 nitrogen and oxygen atoms in total. The Morgan fingerprint density at radius 1 is 1.15 bits per heavy atom. The highest BCUT2D eigenvalue weighted by atomic mass is 16.5. The van der Waals surface area contributed by atoms with E-state index in [2.05, 4.69) is 15.5 Å². The van der Waals surface area contributed by atoms with Gasteiger partial charge < -0.3 is 14.8 Å². The van der Waals surface area contributed by atoms with Crippen molar-refractivity contribution >= 4 is 5.91 Å². The molecule has 2 aromatic heterocycles. The first-order chi connectivity index (χ1) is 13.2. The molecule has 0 aliphatic heterocycles. The average molecular weight is 369 g/mol. The van der Waals surface area contributed by atoms with Gasteiger partial charge in [0.2, 0.25) is 0 Å². The summed E-state index contributed by atoms with van der Waals surface area (Å²) in [6.07, 6.45) is 3.35. The van der Waals surface area contributed by atoms with Crippen LogP contribution in [0.15, 0.2) is 59.7 Å². The number of aromatic nitrogens is 4. The van der Waals surface area contributed by atoms with Gasteiger partial charge in [-0.3, -0.25) is 9.59 Å². The molecule has 1 amide bonds. The molecular formula is C18H19N5O4. The molecule has 140 valence electrons. The average Bonchev–Trinajstić information content (AvgIpc) is 3.23. The van der Waals surface area contributed by atoms with Crippen LogP contribution in [0.1, 0.15) is 0 Å². The number of nitrogens with one attached hydrogen (secondary N) is 1. The fraction of sp³-hybridized carbons (Fsp3) is 0.222. The lowest BCUT2D eigenvalue weighted by Gasteiger charge is -2.11. The summed E-state index contributed by atoms with van der Waals surface area (Å²) in [6, 6.07) is 11.8. The van der Waals surface area contributed by atoms with Gasteiger partial charge in [-0.25, -0.2) is 9.36 Å². The van der Waals surface area contributed by atoms with Crippen molar-refractivity contribution in [2.24, 2.45) is 0 Å². The lowest BCUT2D eigenvalue weighted by atomic mass is 10.3. The van der Waals surface area contributed by atoms with Gasteiger partial charge >= 0.3 is 0 Å². The zero-order valence-electron chi connectivity index (χ0n) is 14.7. The second-order valence-electron chi connectivity index (χ2n) is 5.49. The Bertz CT molecular complexity index is 952. The summed E-state index contributed by atoms with van der Waals surface area (Å²) in [5.74, 6) is 1.25. The summed E-state index contributed by atoms with van der Waals surface area (Å²) >= 11 is 0. The topological polar surface area (TPSA) is 100 Å². The van der Waals surface area contributed by atoms with Crippen LogP contribution >= 0.6 is 0 Å². The largest absolute Gasteiger partial charge is 0.493 e. The number of rotatable bonds is 8. The van der Waals surface area contributed by atoms with Crippen LogP contribution in [-0.2, 0) is 11.3 Å². The minimum absolute atomic E-state index is 0.157. The molecule has 0 aliphatic rings. The first kappa shape index (κ1) is 18.2. The van der Waals surface area contributed by atoms with E-state index in [1.165, 1.54) is 17.9 Å². The number of nitrogens with zero attached hydrogens (tertiary/aromatic N) is 4. The van der Waals surface area contributed by atoms with Gasteiger partial charge in [-0.05, 0) is 24.3 Å².